The molecule has 5 nitrogen and oxygen atoms in total. The van der Waals surface area contributed by atoms with Gasteiger partial charge in [-0.25, -0.2) is 9.99 Å². The zero-order chi connectivity index (χ0) is 10.6. The molecule has 0 radical (unpaired) electrons. The van der Waals surface area contributed by atoms with Crippen LogP contribution in [0.5, 0.6) is 0 Å². The van der Waals surface area contributed by atoms with Gasteiger partial charge in [-0.1, -0.05) is 6.92 Å². The lowest BCUT2D eigenvalue weighted by Gasteiger charge is -2.12. The maximum Gasteiger partial charge on any atom is 0.294 e. The minimum absolute atomic E-state index is 0.0805. The molecule has 0 aliphatic heterocycles. The highest BCUT2D eigenvalue weighted by Crippen LogP contribution is 1.94. The van der Waals surface area contributed by atoms with Crippen LogP contribution in [0.15, 0.2) is 17.2 Å². The average molecular weight is 196 g/mol. The zero-order valence-corrected chi connectivity index (χ0v) is 8.82. The molecule has 1 N–H and O–H groups in total. The Morgan fingerprint density at radius 1 is 1.57 bits per heavy atom. The molecular formula is C9H16N4O. The molecule has 1 aromatic heterocycles. The van der Waals surface area contributed by atoms with Crippen molar-refractivity contribution < 1.29 is 0 Å². The predicted molar refractivity (Wildman–Crippen MR) is 56.1 cm³/mol. The SMILES string of the molecule is CCCn1ccnc(NN(C)C)c1=O. The Balaban J connectivity index is 2.95. The van der Waals surface area contributed by atoms with E-state index < -0.39 is 0 Å². The van der Waals surface area contributed by atoms with Crippen molar-refractivity contribution in [1.82, 2.24) is 14.6 Å². The minimum atomic E-state index is -0.0805. The number of hydrogen-bond acceptors (Lipinski definition) is 4. The van der Waals surface area contributed by atoms with Crippen LogP contribution in [-0.4, -0.2) is 28.7 Å². The zero-order valence-electron chi connectivity index (χ0n) is 8.82. The molecule has 0 fully saturated rings. The van der Waals surface area contributed by atoms with E-state index in [0.29, 0.717) is 5.82 Å². The van der Waals surface area contributed by atoms with Crippen LogP contribution in [0.25, 0.3) is 0 Å². The van der Waals surface area contributed by atoms with Gasteiger partial charge in [-0.15, -0.1) is 0 Å². The molecule has 0 spiro atoms. The molecule has 0 amide bonds. The number of hydrogen-bond donors (Lipinski definition) is 1. The van der Waals surface area contributed by atoms with Crippen LogP contribution in [0.2, 0.25) is 0 Å². The maximum absolute atomic E-state index is 11.7. The highest BCUT2D eigenvalue weighted by molar-refractivity contribution is 5.28. The van der Waals surface area contributed by atoms with Gasteiger partial charge in [0.15, 0.2) is 0 Å². The van der Waals surface area contributed by atoms with Gasteiger partial charge >= 0.3 is 0 Å². The quantitative estimate of drug-likeness (QED) is 0.714. The fraction of sp³-hybridized carbons (Fsp3) is 0.556. The molecule has 1 rings (SSSR count). The fourth-order valence-electron chi connectivity index (χ4n) is 1.15. The van der Waals surface area contributed by atoms with Crippen LogP contribution in [-0.2, 0) is 6.54 Å². The second-order valence-electron chi connectivity index (χ2n) is 3.28. The lowest BCUT2D eigenvalue weighted by Crippen LogP contribution is -2.29. The number of nitrogens with one attached hydrogen (secondary N) is 1. The van der Waals surface area contributed by atoms with Crippen LogP contribution in [0.1, 0.15) is 13.3 Å². The first-order valence-corrected chi connectivity index (χ1v) is 4.64. The first-order valence-electron chi connectivity index (χ1n) is 4.64. The monoisotopic (exact) mass is 196 g/mol. The Bertz CT molecular complexity index is 345. The lowest BCUT2D eigenvalue weighted by atomic mass is 10.4. The van der Waals surface area contributed by atoms with Gasteiger partial charge in [0.1, 0.15) is 0 Å². The van der Waals surface area contributed by atoms with Gasteiger partial charge in [0.25, 0.3) is 5.56 Å². The normalized spacial score (nSPS) is 10.6. The predicted octanol–water partition coefficient (Wildman–Crippen LogP) is 0.542. The second kappa shape index (κ2) is 4.76. The average Bonchev–Trinajstić information content (AvgIpc) is 2.11. The van der Waals surface area contributed by atoms with Crippen molar-refractivity contribution in [2.45, 2.75) is 19.9 Å². The number of aryl methyl sites for hydroxylation is 1. The van der Waals surface area contributed by atoms with Crippen LogP contribution < -0.4 is 11.0 Å². The van der Waals surface area contributed by atoms with Crippen molar-refractivity contribution in [3.05, 3.63) is 22.7 Å². The Kier molecular flexibility index (Phi) is 3.64. The van der Waals surface area contributed by atoms with E-state index in [1.807, 2.05) is 21.0 Å². The Morgan fingerprint density at radius 2 is 2.29 bits per heavy atom. The molecule has 0 saturated heterocycles. The van der Waals surface area contributed by atoms with E-state index in [-0.39, 0.29) is 5.56 Å². The van der Waals surface area contributed by atoms with Crippen LogP contribution in [0, 0.1) is 0 Å². The number of rotatable bonds is 4. The molecule has 78 valence electrons. The highest BCUT2D eigenvalue weighted by atomic mass is 16.1. The van der Waals surface area contributed by atoms with Crippen LogP contribution in [0.3, 0.4) is 0 Å². The Labute approximate surface area is 83.3 Å². The molecule has 5 heteroatoms. The summed E-state index contributed by atoms with van der Waals surface area (Å²) in [5.74, 6) is 0.367. The molecule has 0 aliphatic rings. The van der Waals surface area contributed by atoms with Gasteiger partial charge in [-0.2, -0.15) is 0 Å². The Hall–Kier alpha value is -1.36. The molecule has 1 heterocycles. The fourth-order valence-corrected chi connectivity index (χ4v) is 1.15. The minimum Gasteiger partial charge on any atom is -0.311 e. The molecule has 0 atom stereocenters. The van der Waals surface area contributed by atoms with Gasteiger partial charge in [-0.05, 0) is 6.42 Å². The summed E-state index contributed by atoms with van der Waals surface area (Å²) in [4.78, 5) is 15.7. The smallest absolute Gasteiger partial charge is 0.294 e. The van der Waals surface area contributed by atoms with E-state index in [9.17, 15) is 4.79 Å². The Morgan fingerprint density at radius 3 is 2.86 bits per heavy atom. The number of nitrogens with zero attached hydrogens (tertiary/aromatic N) is 3. The van der Waals surface area contributed by atoms with Gasteiger partial charge in [-0.3, -0.25) is 10.2 Å². The first-order chi connectivity index (χ1) is 6.65. The third kappa shape index (κ3) is 2.56. The van der Waals surface area contributed by atoms with Crippen molar-refractivity contribution in [3.8, 4) is 0 Å². The topological polar surface area (TPSA) is 50.2 Å². The summed E-state index contributed by atoms with van der Waals surface area (Å²) in [5.41, 5.74) is 2.78. The standard InChI is InChI=1S/C9H16N4O/c1-4-6-13-7-5-10-8(9(13)14)11-12(2)3/h5,7H,4,6H2,1-3H3,(H,10,11). The van der Waals surface area contributed by atoms with Crippen molar-refractivity contribution in [2.24, 2.45) is 0 Å². The van der Waals surface area contributed by atoms with Gasteiger partial charge in [0, 0.05) is 33.0 Å². The molecule has 0 bridgehead atoms. The van der Waals surface area contributed by atoms with E-state index in [1.165, 1.54) is 0 Å². The van der Waals surface area contributed by atoms with Gasteiger partial charge in [0.05, 0.1) is 0 Å². The highest BCUT2D eigenvalue weighted by Gasteiger charge is 2.03. The molecule has 0 aliphatic carbocycles. The lowest BCUT2D eigenvalue weighted by molar-refractivity contribution is 0.488. The second-order valence-corrected chi connectivity index (χ2v) is 3.28. The molecular weight excluding hydrogens is 180 g/mol. The number of hydrazine groups is 1. The molecule has 14 heavy (non-hydrogen) atoms. The van der Waals surface area contributed by atoms with Crippen LogP contribution in [0.4, 0.5) is 5.82 Å². The molecule has 0 unspecified atom stereocenters. The van der Waals surface area contributed by atoms with E-state index in [2.05, 4.69) is 10.4 Å². The van der Waals surface area contributed by atoms with Crippen molar-refractivity contribution in [2.75, 3.05) is 19.5 Å². The van der Waals surface area contributed by atoms with E-state index >= 15 is 0 Å². The van der Waals surface area contributed by atoms with Gasteiger partial charge in [0.2, 0.25) is 5.82 Å². The molecule has 0 aromatic carbocycles. The van der Waals surface area contributed by atoms with E-state index in [0.717, 1.165) is 13.0 Å². The van der Waals surface area contributed by atoms with Crippen molar-refractivity contribution >= 4 is 5.82 Å². The summed E-state index contributed by atoms with van der Waals surface area (Å²) in [7, 11) is 3.64. The molecule has 0 saturated carbocycles. The van der Waals surface area contributed by atoms with E-state index in [4.69, 9.17) is 0 Å². The summed E-state index contributed by atoms with van der Waals surface area (Å²) in [6, 6.07) is 0. The summed E-state index contributed by atoms with van der Waals surface area (Å²) in [5, 5.41) is 1.69. The summed E-state index contributed by atoms with van der Waals surface area (Å²) in [6.07, 6.45) is 4.26. The molecule has 1 aromatic rings. The van der Waals surface area contributed by atoms with Crippen molar-refractivity contribution in [1.29, 1.82) is 0 Å². The summed E-state index contributed by atoms with van der Waals surface area (Å²) >= 11 is 0. The van der Waals surface area contributed by atoms with Crippen LogP contribution >= 0.6 is 0 Å². The third-order valence-electron chi connectivity index (χ3n) is 1.71. The summed E-state index contributed by atoms with van der Waals surface area (Å²) in [6.45, 7) is 2.76. The number of aromatic nitrogens is 2. The van der Waals surface area contributed by atoms with E-state index in [1.54, 1.807) is 22.0 Å². The van der Waals surface area contributed by atoms with Gasteiger partial charge < -0.3 is 4.57 Å². The third-order valence-corrected chi connectivity index (χ3v) is 1.71. The van der Waals surface area contributed by atoms with Crippen molar-refractivity contribution in [3.63, 3.8) is 0 Å². The first kappa shape index (κ1) is 10.7. The number of anilines is 1. The maximum atomic E-state index is 11.7. The summed E-state index contributed by atoms with van der Waals surface area (Å²) < 4.78 is 1.65. The largest absolute Gasteiger partial charge is 0.311 e.